The summed E-state index contributed by atoms with van der Waals surface area (Å²) in [6.07, 6.45) is 6.32. The molecule has 0 N–H and O–H groups in total. The second-order valence-electron chi connectivity index (χ2n) is 6.70. The van der Waals surface area contributed by atoms with Gasteiger partial charge in [-0.25, -0.2) is 8.78 Å². The Morgan fingerprint density at radius 1 is 1.04 bits per heavy atom. The van der Waals surface area contributed by atoms with Gasteiger partial charge in [0.1, 0.15) is 5.75 Å². The molecule has 0 aliphatic heterocycles. The van der Waals surface area contributed by atoms with E-state index in [1.165, 1.54) is 12.8 Å². The molecule has 0 radical (unpaired) electrons. The largest absolute Gasteiger partial charge is 0.426 e. The second kappa shape index (κ2) is 7.29. The molecule has 1 aliphatic carbocycles. The molecule has 0 amide bonds. The summed E-state index contributed by atoms with van der Waals surface area (Å²) in [6.45, 7) is 2.19. The third-order valence-corrected chi connectivity index (χ3v) is 4.95. The second-order valence-corrected chi connectivity index (χ2v) is 6.70. The zero-order chi connectivity index (χ0) is 17.1. The summed E-state index contributed by atoms with van der Waals surface area (Å²) < 4.78 is 32.1. The molecule has 0 aromatic heterocycles. The topological polar surface area (TPSA) is 26.3 Å². The van der Waals surface area contributed by atoms with Crippen molar-refractivity contribution in [2.45, 2.75) is 45.4 Å². The fraction of sp³-hybridized carbons (Fsp3) is 0.450. The summed E-state index contributed by atoms with van der Waals surface area (Å²) in [4.78, 5) is 12.3. The number of fused-ring (bicyclic) bond motifs is 1. The van der Waals surface area contributed by atoms with E-state index in [1.807, 2.05) is 0 Å². The Morgan fingerprint density at radius 3 is 2.38 bits per heavy atom. The molecule has 4 heteroatoms. The first-order valence-electron chi connectivity index (χ1n) is 8.67. The molecule has 0 bridgehead atoms. The van der Waals surface area contributed by atoms with Crippen molar-refractivity contribution in [2.24, 2.45) is 11.8 Å². The molecular formula is C20H22F2O2. The number of esters is 1. The Labute approximate surface area is 140 Å². The monoisotopic (exact) mass is 332 g/mol. The van der Waals surface area contributed by atoms with Crippen LogP contribution in [0.4, 0.5) is 8.78 Å². The molecular weight excluding hydrogens is 310 g/mol. The minimum atomic E-state index is -0.903. The van der Waals surface area contributed by atoms with Crippen LogP contribution < -0.4 is 4.74 Å². The van der Waals surface area contributed by atoms with Crippen molar-refractivity contribution in [1.82, 2.24) is 0 Å². The first kappa shape index (κ1) is 16.9. The van der Waals surface area contributed by atoms with Crippen LogP contribution in [-0.4, -0.2) is 5.97 Å². The lowest BCUT2D eigenvalue weighted by molar-refractivity contribution is -0.140. The van der Waals surface area contributed by atoms with E-state index >= 15 is 0 Å². The van der Waals surface area contributed by atoms with Crippen LogP contribution in [0.2, 0.25) is 0 Å². The SMILES string of the molecule is CCCC1CCC(C(=O)Oc2ccc3cc(F)c(F)cc3c2)CC1. The number of benzene rings is 2. The average molecular weight is 332 g/mol. The van der Waals surface area contributed by atoms with Crippen molar-refractivity contribution in [3.8, 4) is 5.75 Å². The van der Waals surface area contributed by atoms with Crippen LogP contribution in [0.5, 0.6) is 5.75 Å². The van der Waals surface area contributed by atoms with Gasteiger partial charge in [-0.2, -0.15) is 0 Å². The van der Waals surface area contributed by atoms with Crippen molar-refractivity contribution in [3.63, 3.8) is 0 Å². The predicted molar refractivity (Wildman–Crippen MR) is 89.9 cm³/mol. The third-order valence-electron chi connectivity index (χ3n) is 4.95. The number of carbonyl (C=O) groups is 1. The molecule has 3 rings (SSSR count). The highest BCUT2D eigenvalue weighted by Gasteiger charge is 2.27. The summed E-state index contributed by atoms with van der Waals surface area (Å²) in [5.41, 5.74) is 0. The highest BCUT2D eigenvalue weighted by molar-refractivity contribution is 5.85. The van der Waals surface area contributed by atoms with Crippen LogP contribution in [0.15, 0.2) is 30.3 Å². The minimum absolute atomic E-state index is 0.0567. The Balaban J connectivity index is 1.66. The standard InChI is InChI=1S/C20H22F2O2/c1-2-3-13-4-6-14(7-5-13)20(23)24-17-9-8-15-11-18(21)19(22)12-16(15)10-17/h8-14H,2-7H2,1H3. The molecule has 1 saturated carbocycles. The molecule has 0 heterocycles. The first-order chi connectivity index (χ1) is 11.6. The lowest BCUT2D eigenvalue weighted by atomic mass is 9.80. The van der Waals surface area contributed by atoms with Gasteiger partial charge in [0.05, 0.1) is 5.92 Å². The van der Waals surface area contributed by atoms with E-state index in [0.29, 0.717) is 16.5 Å². The highest BCUT2D eigenvalue weighted by Crippen LogP contribution is 2.33. The smallest absolute Gasteiger partial charge is 0.314 e. The average Bonchev–Trinajstić information content (AvgIpc) is 2.57. The lowest BCUT2D eigenvalue weighted by Gasteiger charge is -2.26. The van der Waals surface area contributed by atoms with Crippen LogP contribution in [0.1, 0.15) is 45.4 Å². The van der Waals surface area contributed by atoms with Gasteiger partial charge in [-0.15, -0.1) is 0 Å². The van der Waals surface area contributed by atoms with Crippen molar-refractivity contribution in [1.29, 1.82) is 0 Å². The fourth-order valence-electron chi connectivity index (χ4n) is 3.58. The van der Waals surface area contributed by atoms with E-state index in [-0.39, 0.29) is 11.9 Å². The van der Waals surface area contributed by atoms with E-state index in [9.17, 15) is 13.6 Å². The van der Waals surface area contributed by atoms with E-state index in [0.717, 1.165) is 43.7 Å². The summed E-state index contributed by atoms with van der Waals surface area (Å²) in [5, 5.41) is 1.10. The number of halogens is 2. The molecule has 24 heavy (non-hydrogen) atoms. The zero-order valence-corrected chi connectivity index (χ0v) is 13.9. The van der Waals surface area contributed by atoms with Crippen LogP contribution >= 0.6 is 0 Å². The van der Waals surface area contributed by atoms with Gasteiger partial charge in [0.25, 0.3) is 0 Å². The number of ether oxygens (including phenoxy) is 1. The molecule has 2 aromatic rings. The Morgan fingerprint density at radius 2 is 1.71 bits per heavy atom. The summed E-state index contributed by atoms with van der Waals surface area (Å²) in [6, 6.07) is 7.11. The molecule has 2 aromatic carbocycles. The molecule has 128 valence electrons. The predicted octanol–water partition coefficient (Wildman–Crippen LogP) is 5.63. The summed E-state index contributed by atoms with van der Waals surface area (Å²) >= 11 is 0. The molecule has 0 saturated heterocycles. The van der Waals surface area contributed by atoms with Crippen molar-refractivity contribution < 1.29 is 18.3 Å². The maximum absolute atomic E-state index is 13.4. The van der Waals surface area contributed by atoms with Crippen molar-refractivity contribution in [2.75, 3.05) is 0 Å². The summed E-state index contributed by atoms with van der Waals surface area (Å²) in [5.74, 6) is -0.936. The molecule has 2 nitrogen and oxygen atoms in total. The highest BCUT2D eigenvalue weighted by atomic mass is 19.2. The van der Waals surface area contributed by atoms with E-state index in [2.05, 4.69) is 6.92 Å². The maximum atomic E-state index is 13.4. The maximum Gasteiger partial charge on any atom is 0.314 e. The molecule has 0 atom stereocenters. The van der Waals surface area contributed by atoms with Gasteiger partial charge in [0.15, 0.2) is 11.6 Å². The summed E-state index contributed by atoms with van der Waals surface area (Å²) in [7, 11) is 0. The Kier molecular flexibility index (Phi) is 5.12. The van der Waals surface area contributed by atoms with Gasteiger partial charge < -0.3 is 4.74 Å². The number of carbonyl (C=O) groups excluding carboxylic acids is 1. The molecule has 1 aliphatic rings. The normalized spacial score (nSPS) is 21.0. The van der Waals surface area contributed by atoms with Gasteiger partial charge in [0.2, 0.25) is 0 Å². The third kappa shape index (κ3) is 3.74. The lowest BCUT2D eigenvalue weighted by Crippen LogP contribution is -2.25. The van der Waals surface area contributed by atoms with Gasteiger partial charge >= 0.3 is 5.97 Å². The number of hydrogen-bond donors (Lipinski definition) is 0. The van der Waals surface area contributed by atoms with Gasteiger partial charge in [-0.1, -0.05) is 25.8 Å². The first-order valence-corrected chi connectivity index (χ1v) is 8.67. The minimum Gasteiger partial charge on any atom is -0.426 e. The van der Waals surface area contributed by atoms with Gasteiger partial charge in [0, 0.05) is 0 Å². The van der Waals surface area contributed by atoms with Crippen LogP contribution in [-0.2, 0) is 4.79 Å². The fourth-order valence-corrected chi connectivity index (χ4v) is 3.58. The van der Waals surface area contributed by atoms with Gasteiger partial charge in [-0.3, -0.25) is 4.79 Å². The molecule has 1 fully saturated rings. The van der Waals surface area contributed by atoms with Crippen LogP contribution in [0, 0.1) is 23.5 Å². The van der Waals surface area contributed by atoms with Crippen molar-refractivity contribution in [3.05, 3.63) is 42.0 Å². The Bertz CT molecular complexity index is 734. The van der Waals surface area contributed by atoms with Gasteiger partial charge in [-0.05, 0) is 66.6 Å². The molecule has 0 spiro atoms. The van der Waals surface area contributed by atoms with E-state index in [4.69, 9.17) is 4.74 Å². The van der Waals surface area contributed by atoms with Crippen LogP contribution in [0.3, 0.4) is 0 Å². The van der Waals surface area contributed by atoms with Crippen molar-refractivity contribution >= 4 is 16.7 Å². The Hall–Kier alpha value is -1.97. The number of rotatable bonds is 4. The number of hydrogen-bond acceptors (Lipinski definition) is 2. The van der Waals surface area contributed by atoms with Crippen LogP contribution in [0.25, 0.3) is 10.8 Å². The zero-order valence-electron chi connectivity index (χ0n) is 13.9. The molecule has 0 unspecified atom stereocenters. The van der Waals surface area contributed by atoms with E-state index in [1.54, 1.807) is 18.2 Å². The van der Waals surface area contributed by atoms with E-state index < -0.39 is 11.6 Å². The quantitative estimate of drug-likeness (QED) is 0.536.